The Balaban J connectivity index is 3.23. The van der Waals surface area contributed by atoms with E-state index in [9.17, 15) is 8.78 Å². The van der Waals surface area contributed by atoms with Crippen molar-refractivity contribution in [2.24, 2.45) is 0 Å². The van der Waals surface area contributed by atoms with Crippen LogP contribution in [0.3, 0.4) is 0 Å². The molecule has 0 unspecified atom stereocenters. The van der Waals surface area contributed by atoms with Crippen LogP contribution in [0.5, 0.6) is 0 Å². The number of hydrogen-bond donors (Lipinski definition) is 0. The van der Waals surface area contributed by atoms with Gasteiger partial charge in [-0.3, -0.25) is 0 Å². The zero-order valence-electron chi connectivity index (χ0n) is 6.24. The Labute approximate surface area is 91.6 Å². The Bertz CT molecular complexity index is 299. The molecule has 0 aliphatic rings. The number of benzene rings is 1. The van der Waals surface area contributed by atoms with Crippen LogP contribution in [0.15, 0.2) is 16.6 Å². The van der Waals surface area contributed by atoms with Crippen molar-refractivity contribution in [3.8, 4) is 0 Å². The summed E-state index contributed by atoms with van der Waals surface area (Å²) < 4.78 is 26.3. The third-order valence-corrected chi connectivity index (χ3v) is 3.83. The summed E-state index contributed by atoms with van der Waals surface area (Å²) in [4.78, 5) is 0. The second kappa shape index (κ2) is 4.00. The standard InChI is InChI=1S/C8H6BrF2I/c1-4-2-6(9)7(12)3-5(4)8(10)11/h2-3,8H,1H3. The van der Waals surface area contributed by atoms with E-state index in [0.717, 1.165) is 8.04 Å². The summed E-state index contributed by atoms with van der Waals surface area (Å²) in [6.45, 7) is 1.68. The smallest absolute Gasteiger partial charge is 0.205 e. The SMILES string of the molecule is Cc1cc(Br)c(I)cc1C(F)F. The minimum Gasteiger partial charge on any atom is -0.205 e. The Morgan fingerprint density at radius 3 is 2.50 bits per heavy atom. The van der Waals surface area contributed by atoms with Gasteiger partial charge in [0, 0.05) is 13.6 Å². The van der Waals surface area contributed by atoms with Gasteiger partial charge < -0.3 is 0 Å². The van der Waals surface area contributed by atoms with E-state index in [1.165, 1.54) is 6.07 Å². The van der Waals surface area contributed by atoms with Crippen molar-refractivity contribution >= 4 is 38.5 Å². The van der Waals surface area contributed by atoms with Gasteiger partial charge in [-0.2, -0.15) is 0 Å². The van der Waals surface area contributed by atoms with Crippen molar-refractivity contribution < 1.29 is 8.78 Å². The topological polar surface area (TPSA) is 0 Å². The van der Waals surface area contributed by atoms with Crippen molar-refractivity contribution in [2.75, 3.05) is 0 Å². The summed E-state index contributed by atoms with van der Waals surface area (Å²) in [5.41, 5.74) is 0.736. The van der Waals surface area contributed by atoms with Gasteiger partial charge >= 0.3 is 0 Å². The molecule has 1 aromatic rings. The lowest BCUT2D eigenvalue weighted by Crippen LogP contribution is -1.91. The molecular weight excluding hydrogens is 341 g/mol. The molecule has 0 N–H and O–H groups in total. The second-order valence-electron chi connectivity index (χ2n) is 2.42. The molecule has 0 saturated carbocycles. The molecule has 0 nitrogen and oxygen atoms in total. The Morgan fingerprint density at radius 2 is 2.00 bits per heavy atom. The van der Waals surface area contributed by atoms with Crippen LogP contribution >= 0.6 is 38.5 Å². The van der Waals surface area contributed by atoms with Crippen LogP contribution in [0.1, 0.15) is 17.6 Å². The molecule has 1 aromatic carbocycles. The van der Waals surface area contributed by atoms with Gasteiger partial charge in [-0.05, 0) is 63.1 Å². The number of aryl methyl sites for hydroxylation is 1. The highest BCUT2D eigenvalue weighted by Crippen LogP contribution is 2.29. The third kappa shape index (κ3) is 2.16. The molecule has 12 heavy (non-hydrogen) atoms. The van der Waals surface area contributed by atoms with Crippen LogP contribution in [0.25, 0.3) is 0 Å². The second-order valence-corrected chi connectivity index (χ2v) is 4.44. The van der Waals surface area contributed by atoms with E-state index in [0.29, 0.717) is 5.56 Å². The predicted molar refractivity (Wildman–Crippen MR) is 56.6 cm³/mol. The zero-order chi connectivity index (χ0) is 9.30. The molecule has 0 amide bonds. The molecule has 0 heterocycles. The molecule has 1 rings (SSSR count). The van der Waals surface area contributed by atoms with Crippen LogP contribution in [-0.2, 0) is 0 Å². The number of alkyl halides is 2. The van der Waals surface area contributed by atoms with Crippen LogP contribution in [0.2, 0.25) is 0 Å². The fraction of sp³-hybridized carbons (Fsp3) is 0.250. The average molecular weight is 347 g/mol. The first kappa shape index (κ1) is 10.4. The maximum atomic E-state index is 12.3. The first-order chi connectivity index (χ1) is 5.52. The molecule has 0 radical (unpaired) electrons. The minimum atomic E-state index is -2.38. The molecule has 0 fully saturated rings. The van der Waals surface area contributed by atoms with Crippen LogP contribution in [0.4, 0.5) is 8.78 Å². The third-order valence-electron chi connectivity index (χ3n) is 1.54. The summed E-state index contributed by atoms with van der Waals surface area (Å²) in [5, 5.41) is 0. The largest absolute Gasteiger partial charge is 0.264 e. The van der Waals surface area contributed by atoms with E-state index in [2.05, 4.69) is 15.9 Å². The van der Waals surface area contributed by atoms with E-state index >= 15 is 0 Å². The van der Waals surface area contributed by atoms with Crippen molar-refractivity contribution in [1.82, 2.24) is 0 Å². The summed E-state index contributed by atoms with van der Waals surface area (Å²) in [6.07, 6.45) is -2.38. The van der Waals surface area contributed by atoms with Gasteiger partial charge in [0.15, 0.2) is 0 Å². The van der Waals surface area contributed by atoms with E-state index < -0.39 is 6.43 Å². The molecule has 0 spiro atoms. The van der Waals surface area contributed by atoms with E-state index in [1.54, 1.807) is 13.0 Å². The van der Waals surface area contributed by atoms with Gasteiger partial charge in [-0.25, -0.2) is 8.78 Å². The van der Waals surface area contributed by atoms with Crippen molar-refractivity contribution in [1.29, 1.82) is 0 Å². The predicted octanol–water partition coefficient (Wildman–Crippen LogP) is 4.30. The minimum absolute atomic E-state index is 0.114. The Morgan fingerprint density at radius 1 is 1.42 bits per heavy atom. The molecular formula is C8H6BrF2I. The van der Waals surface area contributed by atoms with Crippen molar-refractivity contribution in [2.45, 2.75) is 13.3 Å². The molecule has 0 atom stereocenters. The summed E-state index contributed by atoms with van der Waals surface area (Å²) >= 11 is 5.30. The molecule has 0 bridgehead atoms. The highest BCUT2D eigenvalue weighted by atomic mass is 127. The van der Waals surface area contributed by atoms with Crippen molar-refractivity contribution in [3.05, 3.63) is 31.3 Å². The first-order valence-corrected chi connectivity index (χ1v) is 5.13. The molecule has 66 valence electrons. The monoisotopic (exact) mass is 346 g/mol. The van der Waals surface area contributed by atoms with Crippen molar-refractivity contribution in [3.63, 3.8) is 0 Å². The van der Waals surface area contributed by atoms with Crippen LogP contribution < -0.4 is 0 Å². The fourth-order valence-corrected chi connectivity index (χ4v) is 1.85. The lowest BCUT2D eigenvalue weighted by Gasteiger charge is -2.06. The number of hydrogen-bond acceptors (Lipinski definition) is 0. The van der Waals surface area contributed by atoms with Gasteiger partial charge in [0.1, 0.15) is 0 Å². The Kier molecular flexibility index (Phi) is 3.46. The molecule has 0 aliphatic heterocycles. The van der Waals surface area contributed by atoms with Gasteiger partial charge in [-0.1, -0.05) is 0 Å². The highest BCUT2D eigenvalue weighted by Gasteiger charge is 2.12. The zero-order valence-corrected chi connectivity index (χ0v) is 9.99. The molecule has 4 heteroatoms. The van der Waals surface area contributed by atoms with Gasteiger partial charge in [0.25, 0.3) is 6.43 Å². The lowest BCUT2D eigenvalue weighted by molar-refractivity contribution is 0.150. The number of rotatable bonds is 1. The first-order valence-electron chi connectivity index (χ1n) is 3.26. The van der Waals surface area contributed by atoms with Gasteiger partial charge in [0.2, 0.25) is 0 Å². The average Bonchev–Trinajstić information content (AvgIpc) is 1.96. The summed E-state index contributed by atoms with van der Waals surface area (Å²) in [7, 11) is 0. The van der Waals surface area contributed by atoms with E-state index in [-0.39, 0.29) is 5.56 Å². The molecule has 0 aromatic heterocycles. The summed E-state index contributed by atoms with van der Waals surface area (Å²) in [6, 6.07) is 3.22. The molecule has 0 saturated heterocycles. The highest BCUT2D eigenvalue weighted by molar-refractivity contribution is 14.1. The lowest BCUT2D eigenvalue weighted by atomic mass is 10.1. The normalized spacial score (nSPS) is 10.8. The summed E-state index contributed by atoms with van der Waals surface area (Å²) in [5.74, 6) is 0. The van der Waals surface area contributed by atoms with Crippen LogP contribution in [0, 0.1) is 10.5 Å². The fourth-order valence-electron chi connectivity index (χ4n) is 0.897. The van der Waals surface area contributed by atoms with E-state index in [1.807, 2.05) is 22.6 Å². The number of halogens is 4. The van der Waals surface area contributed by atoms with Gasteiger partial charge in [-0.15, -0.1) is 0 Å². The molecule has 0 aliphatic carbocycles. The maximum Gasteiger partial charge on any atom is 0.264 e. The Hall–Kier alpha value is 0.290. The van der Waals surface area contributed by atoms with E-state index in [4.69, 9.17) is 0 Å². The maximum absolute atomic E-state index is 12.3. The van der Waals surface area contributed by atoms with Gasteiger partial charge in [0.05, 0.1) is 0 Å². The quantitative estimate of drug-likeness (QED) is 0.665. The van der Waals surface area contributed by atoms with Crippen LogP contribution in [-0.4, -0.2) is 0 Å².